The predicted molar refractivity (Wildman–Crippen MR) is 119 cm³/mol. The van der Waals surface area contributed by atoms with Gasteiger partial charge in [0.25, 0.3) is 5.91 Å². The minimum Gasteiger partial charge on any atom is -0.399 e. The molecule has 2 aromatic rings. The van der Waals surface area contributed by atoms with Crippen molar-refractivity contribution in [3.8, 4) is 0 Å². The third-order valence-electron chi connectivity index (χ3n) is 5.62. The summed E-state index contributed by atoms with van der Waals surface area (Å²) in [6.45, 7) is 4.02. The molecule has 3 rings (SSSR count). The van der Waals surface area contributed by atoms with Crippen LogP contribution >= 0.6 is 12.4 Å². The van der Waals surface area contributed by atoms with E-state index >= 15 is 0 Å². The highest BCUT2D eigenvalue weighted by atomic mass is 35.5. The summed E-state index contributed by atoms with van der Waals surface area (Å²) in [4.78, 5) is 25.7. The minimum atomic E-state index is -0.572. The van der Waals surface area contributed by atoms with Gasteiger partial charge < -0.3 is 16.4 Å². The first-order valence-electron chi connectivity index (χ1n) is 10.0. The highest BCUT2D eigenvalue weighted by Crippen LogP contribution is 2.31. The second-order valence-corrected chi connectivity index (χ2v) is 7.61. The van der Waals surface area contributed by atoms with E-state index in [0.717, 1.165) is 36.9 Å². The standard InChI is InChI=1S/C23H29N3O2.ClH/c1-3-15(2)21(26-22(27)16-8-5-4-6-9-16)23(28)25-20-11-7-10-17-14-18(24)12-13-19(17)20;/h4-6,8-9,12-15,20-21H,3,7,10-11,24H2,1-2H3,(H,25,28)(H,26,27);1H. The fourth-order valence-electron chi connectivity index (χ4n) is 3.76. The summed E-state index contributed by atoms with van der Waals surface area (Å²) in [6.07, 6.45) is 3.67. The number of rotatable bonds is 6. The van der Waals surface area contributed by atoms with Crippen molar-refractivity contribution in [1.29, 1.82) is 0 Å². The normalized spacial score (nSPS) is 17.2. The zero-order valence-corrected chi connectivity index (χ0v) is 17.8. The van der Waals surface area contributed by atoms with E-state index in [1.54, 1.807) is 12.1 Å². The number of carbonyl (C=O) groups is 2. The Hall–Kier alpha value is -2.53. The number of aryl methyl sites for hydroxylation is 1. The second kappa shape index (κ2) is 10.3. The van der Waals surface area contributed by atoms with Crippen LogP contribution in [0.4, 0.5) is 5.69 Å². The molecule has 29 heavy (non-hydrogen) atoms. The lowest BCUT2D eigenvalue weighted by molar-refractivity contribution is -0.125. The summed E-state index contributed by atoms with van der Waals surface area (Å²) in [5.74, 6) is -0.326. The fraction of sp³-hybridized carbons (Fsp3) is 0.391. The number of hydrogen-bond donors (Lipinski definition) is 3. The van der Waals surface area contributed by atoms with Gasteiger partial charge in [-0.2, -0.15) is 0 Å². The summed E-state index contributed by atoms with van der Waals surface area (Å²) >= 11 is 0. The molecule has 3 atom stereocenters. The molecule has 0 radical (unpaired) electrons. The molecule has 0 aliphatic heterocycles. The van der Waals surface area contributed by atoms with Crippen molar-refractivity contribution in [3.63, 3.8) is 0 Å². The maximum absolute atomic E-state index is 13.1. The lowest BCUT2D eigenvalue weighted by Crippen LogP contribution is -2.51. The monoisotopic (exact) mass is 415 g/mol. The number of fused-ring (bicyclic) bond motifs is 1. The Morgan fingerprint density at radius 2 is 1.90 bits per heavy atom. The number of carbonyl (C=O) groups excluding carboxylic acids is 2. The van der Waals surface area contributed by atoms with Crippen LogP contribution in [0.5, 0.6) is 0 Å². The molecule has 0 fully saturated rings. The molecule has 3 unspecified atom stereocenters. The Morgan fingerprint density at radius 1 is 1.17 bits per heavy atom. The maximum Gasteiger partial charge on any atom is 0.251 e. The smallest absolute Gasteiger partial charge is 0.251 e. The maximum atomic E-state index is 13.1. The number of amides is 2. The SMILES string of the molecule is CCC(C)C(NC(=O)c1ccccc1)C(=O)NC1CCCc2cc(N)ccc21.Cl. The second-order valence-electron chi connectivity index (χ2n) is 7.61. The fourth-order valence-corrected chi connectivity index (χ4v) is 3.76. The van der Waals surface area contributed by atoms with Crippen LogP contribution in [0.2, 0.25) is 0 Å². The van der Waals surface area contributed by atoms with Crippen LogP contribution in [-0.4, -0.2) is 17.9 Å². The van der Waals surface area contributed by atoms with Crippen LogP contribution in [0, 0.1) is 5.92 Å². The third kappa shape index (κ3) is 5.51. The number of nitrogens with two attached hydrogens (primary N) is 1. The average molecular weight is 416 g/mol. The van der Waals surface area contributed by atoms with Crippen molar-refractivity contribution in [1.82, 2.24) is 10.6 Å². The van der Waals surface area contributed by atoms with E-state index in [-0.39, 0.29) is 36.2 Å². The zero-order chi connectivity index (χ0) is 20.1. The Balaban J connectivity index is 0.00000300. The van der Waals surface area contributed by atoms with Gasteiger partial charge in [0.05, 0.1) is 6.04 Å². The van der Waals surface area contributed by atoms with Gasteiger partial charge in [-0.3, -0.25) is 9.59 Å². The van der Waals surface area contributed by atoms with Crippen LogP contribution in [0.1, 0.15) is 60.6 Å². The summed E-state index contributed by atoms with van der Waals surface area (Å²) in [7, 11) is 0. The number of hydrogen-bond acceptors (Lipinski definition) is 3. The Kier molecular flexibility index (Phi) is 8.09. The van der Waals surface area contributed by atoms with E-state index in [2.05, 4.69) is 10.6 Å². The predicted octanol–water partition coefficient (Wildman–Crippen LogP) is 4.03. The van der Waals surface area contributed by atoms with E-state index in [4.69, 9.17) is 5.73 Å². The first kappa shape index (κ1) is 22.8. The van der Waals surface area contributed by atoms with E-state index in [9.17, 15) is 9.59 Å². The number of halogens is 1. The van der Waals surface area contributed by atoms with Crippen molar-refractivity contribution in [2.24, 2.45) is 5.92 Å². The molecular weight excluding hydrogens is 386 g/mol. The topological polar surface area (TPSA) is 84.2 Å². The molecule has 6 heteroatoms. The Morgan fingerprint density at radius 3 is 2.59 bits per heavy atom. The lowest BCUT2D eigenvalue weighted by Gasteiger charge is -2.30. The molecule has 2 aromatic carbocycles. The number of benzene rings is 2. The lowest BCUT2D eigenvalue weighted by atomic mass is 9.87. The average Bonchev–Trinajstić information content (AvgIpc) is 2.71. The quantitative estimate of drug-likeness (QED) is 0.623. The van der Waals surface area contributed by atoms with Crippen LogP contribution in [0.25, 0.3) is 0 Å². The van der Waals surface area contributed by atoms with Gasteiger partial charge in [0, 0.05) is 11.3 Å². The summed E-state index contributed by atoms with van der Waals surface area (Å²) in [5.41, 5.74) is 9.55. The van der Waals surface area contributed by atoms with Crippen LogP contribution in [-0.2, 0) is 11.2 Å². The molecule has 2 amide bonds. The molecule has 0 saturated carbocycles. The summed E-state index contributed by atoms with van der Waals surface area (Å²) in [5, 5.41) is 6.11. The highest BCUT2D eigenvalue weighted by Gasteiger charge is 2.30. The van der Waals surface area contributed by atoms with Crippen molar-refractivity contribution in [2.75, 3.05) is 5.73 Å². The molecule has 0 spiro atoms. The zero-order valence-electron chi connectivity index (χ0n) is 17.0. The molecule has 1 aliphatic carbocycles. The van der Waals surface area contributed by atoms with E-state index < -0.39 is 6.04 Å². The molecular formula is C23H30ClN3O2. The van der Waals surface area contributed by atoms with Gasteiger partial charge in [-0.1, -0.05) is 44.5 Å². The van der Waals surface area contributed by atoms with Crippen molar-refractivity contribution < 1.29 is 9.59 Å². The van der Waals surface area contributed by atoms with E-state index in [0.29, 0.717) is 5.56 Å². The van der Waals surface area contributed by atoms with Gasteiger partial charge in [-0.15, -0.1) is 12.4 Å². The van der Waals surface area contributed by atoms with Crippen molar-refractivity contribution in [3.05, 3.63) is 65.2 Å². The first-order chi connectivity index (χ1) is 13.5. The summed E-state index contributed by atoms with van der Waals surface area (Å²) in [6, 6.07) is 14.3. The van der Waals surface area contributed by atoms with Crippen LogP contribution < -0.4 is 16.4 Å². The van der Waals surface area contributed by atoms with Gasteiger partial charge >= 0.3 is 0 Å². The van der Waals surface area contributed by atoms with Crippen LogP contribution in [0.15, 0.2) is 48.5 Å². The van der Waals surface area contributed by atoms with Gasteiger partial charge in [-0.25, -0.2) is 0 Å². The Labute approximate surface area is 178 Å². The minimum absolute atomic E-state index is 0. The molecule has 1 aliphatic rings. The first-order valence-corrected chi connectivity index (χ1v) is 10.0. The molecule has 156 valence electrons. The highest BCUT2D eigenvalue weighted by molar-refractivity contribution is 5.97. The molecule has 0 bridgehead atoms. The van der Waals surface area contributed by atoms with Gasteiger partial charge in [0.15, 0.2) is 0 Å². The van der Waals surface area contributed by atoms with Crippen molar-refractivity contribution >= 4 is 29.9 Å². The van der Waals surface area contributed by atoms with E-state index in [1.807, 2.05) is 50.2 Å². The molecule has 4 N–H and O–H groups in total. The van der Waals surface area contributed by atoms with Gasteiger partial charge in [-0.05, 0) is 60.6 Å². The van der Waals surface area contributed by atoms with Gasteiger partial charge in [0.2, 0.25) is 5.91 Å². The summed E-state index contributed by atoms with van der Waals surface area (Å²) < 4.78 is 0. The molecule has 0 aromatic heterocycles. The molecule has 0 heterocycles. The van der Waals surface area contributed by atoms with Gasteiger partial charge in [0.1, 0.15) is 6.04 Å². The molecule has 5 nitrogen and oxygen atoms in total. The number of nitrogens with one attached hydrogen (secondary N) is 2. The molecule has 0 saturated heterocycles. The van der Waals surface area contributed by atoms with Crippen molar-refractivity contribution in [2.45, 2.75) is 51.6 Å². The van der Waals surface area contributed by atoms with Crippen LogP contribution in [0.3, 0.4) is 0 Å². The Bertz CT molecular complexity index is 841. The third-order valence-corrected chi connectivity index (χ3v) is 5.62. The van der Waals surface area contributed by atoms with E-state index in [1.165, 1.54) is 5.56 Å². The number of nitrogen functional groups attached to an aromatic ring is 1. The largest absolute Gasteiger partial charge is 0.399 e. The number of anilines is 1.